The lowest BCUT2D eigenvalue weighted by molar-refractivity contribution is 0.0674. The molecule has 5 nitrogen and oxygen atoms in total. The van der Waals surface area contributed by atoms with Crippen LogP contribution in [0.2, 0.25) is 4.47 Å². The molecule has 2 unspecified atom stereocenters. The van der Waals surface area contributed by atoms with Crippen LogP contribution in [0, 0.1) is 5.92 Å². The SMILES string of the molecule is CC1CCCC(CNC(=O)c2nnc(Cl)s2)(N(C)C)C1. The summed E-state index contributed by atoms with van der Waals surface area (Å²) < 4.78 is 0.295. The number of nitrogens with one attached hydrogen (secondary N) is 1. The summed E-state index contributed by atoms with van der Waals surface area (Å²) in [5.74, 6) is 0.507. The van der Waals surface area contributed by atoms with E-state index in [1.54, 1.807) is 0 Å². The third-order valence-corrected chi connectivity index (χ3v) is 5.21. The molecular weight excluding hydrogens is 296 g/mol. The highest BCUT2D eigenvalue weighted by molar-refractivity contribution is 7.17. The van der Waals surface area contributed by atoms with Gasteiger partial charge in [0.05, 0.1) is 0 Å². The molecular formula is C13H21ClN4OS. The minimum atomic E-state index is -0.186. The molecule has 1 aliphatic carbocycles. The van der Waals surface area contributed by atoms with Gasteiger partial charge in [0, 0.05) is 12.1 Å². The molecule has 112 valence electrons. The summed E-state index contributed by atoms with van der Waals surface area (Å²) in [7, 11) is 4.18. The summed E-state index contributed by atoms with van der Waals surface area (Å²) in [5, 5.41) is 10.8. The number of carbonyl (C=O) groups excluding carboxylic acids is 1. The molecule has 20 heavy (non-hydrogen) atoms. The van der Waals surface area contributed by atoms with Crippen LogP contribution in [0.5, 0.6) is 0 Å². The van der Waals surface area contributed by atoms with Crippen molar-refractivity contribution in [2.24, 2.45) is 5.92 Å². The summed E-state index contributed by atoms with van der Waals surface area (Å²) in [4.78, 5) is 14.3. The van der Waals surface area contributed by atoms with Crippen molar-refractivity contribution in [3.8, 4) is 0 Å². The van der Waals surface area contributed by atoms with E-state index in [1.165, 1.54) is 12.8 Å². The second kappa shape index (κ2) is 6.37. The van der Waals surface area contributed by atoms with Gasteiger partial charge in [-0.3, -0.25) is 4.79 Å². The van der Waals surface area contributed by atoms with Crippen LogP contribution in [0.4, 0.5) is 0 Å². The molecule has 1 fully saturated rings. The van der Waals surface area contributed by atoms with Gasteiger partial charge in [-0.15, -0.1) is 10.2 Å². The van der Waals surface area contributed by atoms with Gasteiger partial charge < -0.3 is 10.2 Å². The second-order valence-corrected chi connectivity index (χ2v) is 7.42. The van der Waals surface area contributed by atoms with Crippen LogP contribution in [0.15, 0.2) is 0 Å². The highest BCUT2D eigenvalue weighted by Crippen LogP contribution is 2.35. The number of hydrogen-bond acceptors (Lipinski definition) is 5. The molecule has 1 heterocycles. The van der Waals surface area contributed by atoms with E-state index in [1.807, 2.05) is 0 Å². The van der Waals surface area contributed by atoms with E-state index in [-0.39, 0.29) is 11.4 Å². The van der Waals surface area contributed by atoms with Crippen LogP contribution in [0.3, 0.4) is 0 Å². The van der Waals surface area contributed by atoms with Crippen molar-refractivity contribution in [3.63, 3.8) is 0 Å². The van der Waals surface area contributed by atoms with Crippen molar-refractivity contribution in [2.75, 3.05) is 20.6 Å². The van der Waals surface area contributed by atoms with Crippen molar-refractivity contribution in [1.29, 1.82) is 0 Å². The molecule has 2 rings (SSSR count). The largest absolute Gasteiger partial charge is 0.348 e. The summed E-state index contributed by atoms with van der Waals surface area (Å²) in [6.45, 7) is 2.92. The molecule has 1 aromatic rings. The molecule has 1 aromatic heterocycles. The lowest BCUT2D eigenvalue weighted by Gasteiger charge is -2.45. The smallest absolute Gasteiger partial charge is 0.282 e. The third kappa shape index (κ3) is 3.48. The van der Waals surface area contributed by atoms with Crippen LogP contribution in [-0.4, -0.2) is 47.2 Å². The number of nitrogens with zero attached hydrogens (tertiary/aromatic N) is 3. The van der Waals surface area contributed by atoms with E-state index >= 15 is 0 Å². The summed E-state index contributed by atoms with van der Waals surface area (Å²) in [5.41, 5.74) is 0.0435. The summed E-state index contributed by atoms with van der Waals surface area (Å²) in [6, 6.07) is 0. The van der Waals surface area contributed by atoms with E-state index in [2.05, 4.69) is 41.4 Å². The Kier molecular flexibility index (Phi) is 4.99. The van der Waals surface area contributed by atoms with Gasteiger partial charge in [0.15, 0.2) is 0 Å². The number of likely N-dealkylation sites (N-methyl/N-ethyl adjacent to an activating group) is 1. The number of hydrogen-bond donors (Lipinski definition) is 1. The molecule has 0 saturated heterocycles. The number of rotatable bonds is 4. The number of halogens is 1. The van der Waals surface area contributed by atoms with Crippen LogP contribution < -0.4 is 5.32 Å². The average molecular weight is 317 g/mol. The van der Waals surface area contributed by atoms with Crippen LogP contribution in [0.25, 0.3) is 0 Å². The first-order valence-electron chi connectivity index (χ1n) is 6.87. The quantitative estimate of drug-likeness (QED) is 0.927. The molecule has 1 N–H and O–H groups in total. The Hall–Kier alpha value is -0.720. The maximum atomic E-state index is 12.1. The molecule has 0 spiro atoms. The first-order valence-corrected chi connectivity index (χ1v) is 8.07. The Labute approximate surface area is 128 Å². The van der Waals surface area contributed by atoms with Crippen molar-refractivity contribution < 1.29 is 4.79 Å². The number of amides is 1. The molecule has 1 saturated carbocycles. The van der Waals surface area contributed by atoms with E-state index in [0.717, 1.165) is 24.2 Å². The van der Waals surface area contributed by atoms with Crippen LogP contribution in [0.1, 0.15) is 42.4 Å². The highest BCUT2D eigenvalue weighted by Gasteiger charge is 2.37. The van der Waals surface area contributed by atoms with E-state index < -0.39 is 0 Å². The Morgan fingerprint density at radius 3 is 2.85 bits per heavy atom. The highest BCUT2D eigenvalue weighted by atomic mass is 35.5. The van der Waals surface area contributed by atoms with E-state index in [9.17, 15) is 4.79 Å². The fourth-order valence-corrected chi connectivity index (χ4v) is 3.72. The van der Waals surface area contributed by atoms with Crippen molar-refractivity contribution in [3.05, 3.63) is 9.47 Å². The second-order valence-electron chi connectivity index (χ2n) is 5.86. The van der Waals surface area contributed by atoms with Gasteiger partial charge in [-0.05, 0) is 44.5 Å². The maximum absolute atomic E-state index is 12.1. The average Bonchev–Trinajstić information content (AvgIpc) is 2.82. The van der Waals surface area contributed by atoms with E-state index in [4.69, 9.17) is 11.6 Å². The molecule has 0 aliphatic heterocycles. The normalized spacial score (nSPS) is 26.8. The monoisotopic (exact) mass is 316 g/mol. The van der Waals surface area contributed by atoms with Gasteiger partial charge in [-0.2, -0.15) is 0 Å². The zero-order valence-corrected chi connectivity index (χ0v) is 13.7. The molecule has 0 bridgehead atoms. The molecule has 2 atom stereocenters. The molecule has 0 radical (unpaired) electrons. The van der Waals surface area contributed by atoms with Gasteiger partial charge in [-0.25, -0.2) is 0 Å². The minimum absolute atomic E-state index is 0.0435. The Balaban J connectivity index is 2.00. The maximum Gasteiger partial charge on any atom is 0.282 e. The fourth-order valence-electron chi connectivity index (χ4n) is 2.97. The van der Waals surface area contributed by atoms with Gasteiger partial charge >= 0.3 is 0 Å². The standard InChI is InChI=1S/C13H21ClN4OS/c1-9-5-4-6-13(7-9,18(2)3)8-15-10(19)11-16-17-12(14)20-11/h9H,4-8H2,1-3H3,(H,15,19). The predicted octanol–water partition coefficient (Wildman–Crippen LogP) is 2.43. The van der Waals surface area contributed by atoms with Gasteiger partial charge in [0.2, 0.25) is 9.47 Å². The Morgan fingerprint density at radius 2 is 2.30 bits per heavy atom. The van der Waals surface area contributed by atoms with Crippen molar-refractivity contribution in [2.45, 2.75) is 38.1 Å². The van der Waals surface area contributed by atoms with Gasteiger partial charge in [0.25, 0.3) is 5.91 Å². The number of aromatic nitrogens is 2. The van der Waals surface area contributed by atoms with Crippen molar-refractivity contribution in [1.82, 2.24) is 20.4 Å². The molecule has 0 aromatic carbocycles. The number of carbonyl (C=O) groups is 1. The lowest BCUT2D eigenvalue weighted by atomic mass is 9.75. The zero-order valence-electron chi connectivity index (χ0n) is 12.1. The zero-order chi connectivity index (χ0) is 14.8. The topological polar surface area (TPSA) is 58.1 Å². The predicted molar refractivity (Wildman–Crippen MR) is 81.3 cm³/mol. The van der Waals surface area contributed by atoms with Gasteiger partial charge in [0.1, 0.15) is 0 Å². The minimum Gasteiger partial charge on any atom is -0.348 e. The van der Waals surface area contributed by atoms with Crippen LogP contribution in [-0.2, 0) is 0 Å². The molecule has 1 aliphatic rings. The van der Waals surface area contributed by atoms with Crippen LogP contribution >= 0.6 is 22.9 Å². The Bertz CT molecular complexity index is 479. The van der Waals surface area contributed by atoms with E-state index in [0.29, 0.717) is 21.9 Å². The molecule has 7 heteroatoms. The lowest BCUT2D eigenvalue weighted by Crippen LogP contribution is -2.55. The molecule has 1 amide bonds. The van der Waals surface area contributed by atoms with Crippen molar-refractivity contribution >= 4 is 28.8 Å². The first kappa shape index (κ1) is 15.7. The summed E-state index contributed by atoms with van der Waals surface area (Å²) in [6.07, 6.45) is 4.70. The Morgan fingerprint density at radius 1 is 1.55 bits per heavy atom. The van der Waals surface area contributed by atoms with Gasteiger partial charge in [-0.1, -0.05) is 31.1 Å². The fraction of sp³-hybridized carbons (Fsp3) is 0.769. The first-order chi connectivity index (χ1) is 9.43. The third-order valence-electron chi connectivity index (χ3n) is 4.19. The summed E-state index contributed by atoms with van der Waals surface area (Å²) >= 11 is 6.81.